The lowest BCUT2D eigenvalue weighted by Crippen LogP contribution is -2.45. The number of aliphatic hydroxyl groups is 2. The van der Waals surface area contributed by atoms with Gasteiger partial charge in [-0.05, 0) is 12.8 Å². The van der Waals surface area contributed by atoms with E-state index in [4.69, 9.17) is 0 Å². The molecule has 432 valence electrons. The van der Waals surface area contributed by atoms with Crippen LogP contribution in [0.25, 0.3) is 0 Å². The zero-order chi connectivity index (χ0) is 52.0. The molecule has 0 saturated carbocycles. The number of hydrogen-bond donors (Lipinski definition) is 3. The number of aliphatic hydroxyl groups excluding tert-OH is 2. The first-order chi connectivity index (χ1) is 35.7. The van der Waals surface area contributed by atoms with Crippen LogP contribution >= 0.6 is 0 Å². The minimum atomic E-state index is -0.656. The fourth-order valence-corrected chi connectivity index (χ4v) is 11.4. The Morgan fingerprint density at radius 3 is 0.625 bits per heavy atom. The highest BCUT2D eigenvalue weighted by Gasteiger charge is 2.20. The summed E-state index contributed by atoms with van der Waals surface area (Å²) in [6.07, 6.45) is 84.5. The second kappa shape index (κ2) is 64.7. The number of unbranched alkanes of at least 4 members (excludes halogenated alkanes) is 58. The molecular weight excluding hydrogens is 879 g/mol. The predicted molar refractivity (Wildman–Crippen MR) is 323 cm³/mol. The molecule has 1 amide bonds. The first-order valence-electron chi connectivity index (χ1n) is 34.2. The lowest BCUT2D eigenvalue weighted by molar-refractivity contribution is -0.123. The highest BCUT2D eigenvalue weighted by molar-refractivity contribution is 5.76. The summed E-state index contributed by atoms with van der Waals surface area (Å²) in [5.41, 5.74) is 0. The van der Waals surface area contributed by atoms with Gasteiger partial charge in [-0.15, -0.1) is 0 Å². The summed E-state index contributed by atoms with van der Waals surface area (Å²) in [6.45, 7) is 4.42. The van der Waals surface area contributed by atoms with Crippen LogP contribution in [0.3, 0.4) is 0 Å². The first-order valence-corrected chi connectivity index (χ1v) is 34.2. The van der Waals surface area contributed by atoms with Gasteiger partial charge in [-0.25, -0.2) is 0 Å². The van der Waals surface area contributed by atoms with Gasteiger partial charge in [0, 0.05) is 6.42 Å². The molecule has 0 spiro atoms. The van der Waals surface area contributed by atoms with Crippen molar-refractivity contribution in [1.82, 2.24) is 5.32 Å². The summed E-state index contributed by atoms with van der Waals surface area (Å²) < 4.78 is 0. The SMILES string of the molecule is CCCCCCCCCCCCCCCCCCCCCCCCCCCCCCCCCCC(O)C(CO)NC(=O)CCCCCCCCCCCCCCCCCCCCCCCCCCCCCC. The van der Waals surface area contributed by atoms with E-state index in [9.17, 15) is 15.0 Å². The summed E-state index contributed by atoms with van der Waals surface area (Å²) in [4.78, 5) is 12.5. The molecule has 3 N–H and O–H groups in total. The second-order valence-electron chi connectivity index (χ2n) is 24.0. The summed E-state index contributed by atoms with van der Waals surface area (Å²) in [5.74, 6) is -0.0195. The van der Waals surface area contributed by atoms with E-state index in [1.165, 1.54) is 360 Å². The number of hydrogen-bond acceptors (Lipinski definition) is 3. The summed E-state index contributed by atoms with van der Waals surface area (Å²) in [6, 6.07) is -0.533. The van der Waals surface area contributed by atoms with Crippen LogP contribution in [0.4, 0.5) is 0 Å². The van der Waals surface area contributed by atoms with Gasteiger partial charge in [-0.2, -0.15) is 0 Å². The average Bonchev–Trinajstić information content (AvgIpc) is 3.39. The summed E-state index contributed by atoms with van der Waals surface area (Å²) in [7, 11) is 0. The van der Waals surface area contributed by atoms with Crippen molar-refractivity contribution in [2.24, 2.45) is 0 Å². The van der Waals surface area contributed by atoms with Gasteiger partial charge in [0.15, 0.2) is 0 Å². The molecule has 2 unspecified atom stereocenters. The number of rotatable bonds is 65. The standard InChI is InChI=1S/C68H137NO3/c1-3-5-7-9-11-13-15-17-19-21-23-25-27-29-31-33-34-35-36-37-39-41-43-45-47-49-51-53-55-57-59-61-63-67(71)66(65-70)69-68(72)64-62-60-58-56-54-52-50-48-46-44-42-40-38-32-30-28-26-24-22-20-18-16-14-12-10-8-6-4-2/h66-67,70-71H,3-65H2,1-2H3,(H,69,72). The maximum Gasteiger partial charge on any atom is 0.220 e. The molecular formula is C68H137NO3. The van der Waals surface area contributed by atoms with Gasteiger partial charge in [0.25, 0.3) is 0 Å². The van der Waals surface area contributed by atoms with Gasteiger partial charge in [0.1, 0.15) is 0 Å². The van der Waals surface area contributed by atoms with E-state index < -0.39 is 12.1 Å². The first kappa shape index (κ1) is 71.4. The smallest absolute Gasteiger partial charge is 0.220 e. The highest BCUT2D eigenvalue weighted by atomic mass is 16.3. The van der Waals surface area contributed by atoms with E-state index in [1.807, 2.05) is 0 Å². The van der Waals surface area contributed by atoms with Gasteiger partial charge in [-0.3, -0.25) is 4.79 Å². The molecule has 2 atom stereocenters. The Kier molecular flexibility index (Phi) is 64.1. The Balaban J connectivity index is 3.36. The van der Waals surface area contributed by atoms with Crippen molar-refractivity contribution < 1.29 is 15.0 Å². The van der Waals surface area contributed by atoms with Gasteiger partial charge in [0.05, 0.1) is 18.8 Å². The fraction of sp³-hybridized carbons (Fsp3) is 0.985. The maximum absolute atomic E-state index is 12.5. The molecule has 72 heavy (non-hydrogen) atoms. The van der Waals surface area contributed by atoms with E-state index in [2.05, 4.69) is 19.2 Å². The topological polar surface area (TPSA) is 69.6 Å². The molecule has 0 heterocycles. The van der Waals surface area contributed by atoms with E-state index in [0.29, 0.717) is 12.8 Å². The molecule has 0 bridgehead atoms. The van der Waals surface area contributed by atoms with E-state index in [-0.39, 0.29) is 12.5 Å². The van der Waals surface area contributed by atoms with Gasteiger partial charge in [-0.1, -0.05) is 393 Å². The fourth-order valence-electron chi connectivity index (χ4n) is 11.4. The van der Waals surface area contributed by atoms with Crippen LogP contribution in [-0.2, 0) is 4.79 Å². The quantitative estimate of drug-likeness (QED) is 0.0532. The van der Waals surface area contributed by atoms with Crippen LogP contribution in [0, 0.1) is 0 Å². The van der Waals surface area contributed by atoms with E-state index >= 15 is 0 Å². The summed E-state index contributed by atoms with van der Waals surface area (Å²) >= 11 is 0. The zero-order valence-corrected chi connectivity index (χ0v) is 50.0. The number of carbonyl (C=O) groups is 1. The van der Waals surface area contributed by atoms with Crippen LogP contribution < -0.4 is 5.32 Å². The van der Waals surface area contributed by atoms with E-state index in [1.54, 1.807) is 0 Å². The molecule has 0 aliphatic carbocycles. The largest absolute Gasteiger partial charge is 0.394 e. The van der Waals surface area contributed by atoms with Crippen molar-refractivity contribution >= 4 is 5.91 Å². The molecule has 4 heteroatoms. The predicted octanol–water partition coefficient (Wildman–Crippen LogP) is 23.1. The van der Waals surface area contributed by atoms with Crippen molar-refractivity contribution in [3.63, 3.8) is 0 Å². The maximum atomic E-state index is 12.5. The Hall–Kier alpha value is -0.610. The molecule has 0 rings (SSSR count). The molecule has 0 fully saturated rings. The van der Waals surface area contributed by atoms with Crippen molar-refractivity contribution in [3.05, 3.63) is 0 Å². The van der Waals surface area contributed by atoms with Crippen molar-refractivity contribution in [2.45, 2.75) is 424 Å². The summed E-state index contributed by atoms with van der Waals surface area (Å²) in [5, 5.41) is 23.5. The monoisotopic (exact) mass is 1020 g/mol. The third-order valence-corrected chi connectivity index (χ3v) is 16.6. The third kappa shape index (κ3) is 60.3. The van der Waals surface area contributed by atoms with Crippen LogP contribution in [-0.4, -0.2) is 34.9 Å². The van der Waals surface area contributed by atoms with Gasteiger partial charge in [0.2, 0.25) is 5.91 Å². The Bertz CT molecular complexity index is 971. The molecule has 0 aliphatic heterocycles. The molecule has 0 radical (unpaired) electrons. The Morgan fingerprint density at radius 1 is 0.278 bits per heavy atom. The number of carbonyl (C=O) groups excluding carboxylic acids is 1. The van der Waals surface area contributed by atoms with Gasteiger partial charge >= 0.3 is 0 Å². The third-order valence-electron chi connectivity index (χ3n) is 16.6. The molecule has 0 aliphatic rings. The molecule has 0 aromatic heterocycles. The highest BCUT2D eigenvalue weighted by Crippen LogP contribution is 2.20. The minimum absolute atomic E-state index is 0.0195. The van der Waals surface area contributed by atoms with Crippen LogP contribution in [0.2, 0.25) is 0 Å². The molecule has 0 saturated heterocycles. The average molecular weight is 1020 g/mol. The van der Waals surface area contributed by atoms with E-state index in [0.717, 1.165) is 25.7 Å². The van der Waals surface area contributed by atoms with Crippen LogP contribution in [0.1, 0.15) is 412 Å². The Labute approximate surface area is 454 Å². The normalized spacial score (nSPS) is 12.6. The lowest BCUT2D eigenvalue weighted by Gasteiger charge is -2.22. The lowest BCUT2D eigenvalue weighted by atomic mass is 10.0. The zero-order valence-electron chi connectivity index (χ0n) is 50.0. The number of nitrogens with one attached hydrogen (secondary N) is 1. The second-order valence-corrected chi connectivity index (χ2v) is 24.0. The molecule has 0 aromatic carbocycles. The van der Waals surface area contributed by atoms with Crippen LogP contribution in [0.5, 0.6) is 0 Å². The van der Waals surface area contributed by atoms with Crippen molar-refractivity contribution in [3.8, 4) is 0 Å². The van der Waals surface area contributed by atoms with Gasteiger partial charge < -0.3 is 15.5 Å². The number of amides is 1. The van der Waals surface area contributed by atoms with Crippen molar-refractivity contribution in [2.75, 3.05) is 6.61 Å². The van der Waals surface area contributed by atoms with Crippen LogP contribution in [0.15, 0.2) is 0 Å². The van der Waals surface area contributed by atoms with Crippen molar-refractivity contribution in [1.29, 1.82) is 0 Å². The molecule has 4 nitrogen and oxygen atoms in total. The molecule has 0 aromatic rings. The Morgan fingerprint density at radius 2 is 0.444 bits per heavy atom. The minimum Gasteiger partial charge on any atom is -0.394 e.